The normalized spacial score (nSPS) is 16.0. The number of anilines is 1. The van der Waals surface area contributed by atoms with Gasteiger partial charge in [-0.05, 0) is 23.8 Å². The molecule has 1 aliphatic heterocycles. The minimum Gasteiger partial charge on any atom is -0.497 e. The minimum atomic E-state index is -3.52. The van der Waals surface area contributed by atoms with Crippen LogP contribution in [0.3, 0.4) is 0 Å². The Morgan fingerprint density at radius 1 is 1.16 bits per heavy atom. The molecular formula is C21H23N3O6S. The number of hydrogen-bond donors (Lipinski definition) is 2. The lowest BCUT2D eigenvalue weighted by Crippen LogP contribution is -2.27. The maximum absolute atomic E-state index is 12.8. The number of hydrazone groups is 1. The molecular weight excluding hydrogens is 422 g/mol. The molecule has 10 heteroatoms. The molecule has 2 N–H and O–H groups in total. The second-order valence-electron chi connectivity index (χ2n) is 7.09. The number of aliphatic carboxylic acids is 1. The summed E-state index contributed by atoms with van der Waals surface area (Å²) in [5.74, 6) is -0.832. The largest absolute Gasteiger partial charge is 0.497 e. The van der Waals surface area contributed by atoms with Crippen molar-refractivity contribution in [3.05, 3.63) is 59.7 Å². The zero-order valence-corrected chi connectivity index (χ0v) is 17.9. The predicted molar refractivity (Wildman–Crippen MR) is 116 cm³/mol. The highest BCUT2D eigenvalue weighted by Crippen LogP contribution is 2.35. The molecule has 164 valence electrons. The molecule has 3 rings (SSSR count). The average molecular weight is 445 g/mol. The summed E-state index contributed by atoms with van der Waals surface area (Å²) in [7, 11) is -1.96. The van der Waals surface area contributed by atoms with E-state index in [0.717, 1.165) is 11.8 Å². The second kappa shape index (κ2) is 9.17. The van der Waals surface area contributed by atoms with Crippen molar-refractivity contribution in [1.29, 1.82) is 0 Å². The first-order valence-electron chi connectivity index (χ1n) is 9.50. The summed E-state index contributed by atoms with van der Waals surface area (Å²) in [4.78, 5) is 23.7. The number of sulfonamides is 1. The number of methoxy groups -OCH3 is 1. The first-order chi connectivity index (χ1) is 14.7. The molecule has 1 atom stereocenters. The van der Waals surface area contributed by atoms with Gasteiger partial charge in [-0.25, -0.2) is 13.4 Å². The molecule has 31 heavy (non-hydrogen) atoms. The third-order valence-corrected chi connectivity index (χ3v) is 5.34. The van der Waals surface area contributed by atoms with Crippen molar-refractivity contribution in [2.45, 2.75) is 25.3 Å². The molecule has 0 aliphatic carbocycles. The van der Waals surface area contributed by atoms with E-state index in [-0.39, 0.29) is 12.8 Å². The summed E-state index contributed by atoms with van der Waals surface area (Å²) in [6, 6.07) is 13.5. The highest BCUT2D eigenvalue weighted by Gasteiger charge is 2.34. The summed E-state index contributed by atoms with van der Waals surface area (Å²) >= 11 is 0. The molecule has 0 saturated carbocycles. The third kappa shape index (κ3) is 5.60. The summed E-state index contributed by atoms with van der Waals surface area (Å²) in [6.07, 6.45) is 0.902. The van der Waals surface area contributed by atoms with Gasteiger partial charge in [0.2, 0.25) is 15.9 Å². The van der Waals surface area contributed by atoms with Crippen LogP contribution in [0.15, 0.2) is 53.6 Å². The summed E-state index contributed by atoms with van der Waals surface area (Å²) < 4.78 is 31.2. The van der Waals surface area contributed by atoms with Gasteiger partial charge in [-0.1, -0.05) is 30.3 Å². The van der Waals surface area contributed by atoms with Crippen LogP contribution in [0.5, 0.6) is 5.75 Å². The molecule has 0 aromatic heterocycles. The van der Waals surface area contributed by atoms with Crippen molar-refractivity contribution in [3.8, 4) is 5.75 Å². The van der Waals surface area contributed by atoms with E-state index in [1.54, 1.807) is 43.5 Å². The molecule has 9 nitrogen and oxygen atoms in total. The Balaban J connectivity index is 1.97. The van der Waals surface area contributed by atoms with E-state index in [4.69, 9.17) is 9.84 Å². The van der Waals surface area contributed by atoms with Gasteiger partial charge in [-0.15, -0.1) is 0 Å². The van der Waals surface area contributed by atoms with E-state index >= 15 is 0 Å². The van der Waals surface area contributed by atoms with Crippen LogP contribution in [0, 0.1) is 0 Å². The summed E-state index contributed by atoms with van der Waals surface area (Å²) in [5, 5.41) is 14.7. The van der Waals surface area contributed by atoms with E-state index in [9.17, 15) is 18.0 Å². The van der Waals surface area contributed by atoms with Gasteiger partial charge >= 0.3 is 5.97 Å². The number of ether oxygens (including phenoxy) is 1. The van der Waals surface area contributed by atoms with Crippen LogP contribution in [-0.2, 0) is 19.6 Å². The first-order valence-corrected chi connectivity index (χ1v) is 11.4. The smallest absolute Gasteiger partial charge is 0.303 e. The molecule has 2 aromatic rings. The van der Waals surface area contributed by atoms with Gasteiger partial charge in [-0.3, -0.25) is 14.3 Å². The molecule has 1 unspecified atom stereocenters. The fourth-order valence-electron chi connectivity index (χ4n) is 3.34. The quantitative estimate of drug-likeness (QED) is 0.643. The van der Waals surface area contributed by atoms with E-state index < -0.39 is 27.9 Å². The lowest BCUT2D eigenvalue weighted by atomic mass is 9.97. The van der Waals surface area contributed by atoms with Crippen molar-refractivity contribution in [2.24, 2.45) is 5.10 Å². The van der Waals surface area contributed by atoms with Crippen LogP contribution in [0.1, 0.15) is 36.4 Å². The molecule has 1 amide bonds. The molecule has 0 fully saturated rings. The Hall–Kier alpha value is -3.40. The summed E-state index contributed by atoms with van der Waals surface area (Å²) in [6.45, 7) is 0. The number of amides is 1. The number of benzene rings is 2. The number of carbonyl (C=O) groups excluding carboxylic acids is 1. The van der Waals surface area contributed by atoms with Crippen molar-refractivity contribution in [3.63, 3.8) is 0 Å². The Labute approximate surface area is 180 Å². The van der Waals surface area contributed by atoms with Crippen molar-refractivity contribution in [1.82, 2.24) is 5.01 Å². The molecule has 2 aromatic carbocycles. The average Bonchev–Trinajstić information content (AvgIpc) is 3.16. The number of hydrogen-bond acceptors (Lipinski definition) is 6. The Bertz CT molecular complexity index is 1110. The van der Waals surface area contributed by atoms with Crippen LogP contribution in [0.2, 0.25) is 0 Å². The van der Waals surface area contributed by atoms with E-state index in [1.807, 2.05) is 12.1 Å². The number of nitrogens with zero attached hydrogens (tertiary/aromatic N) is 2. The van der Waals surface area contributed by atoms with Gasteiger partial charge in [0, 0.05) is 18.4 Å². The molecule has 0 saturated heterocycles. The van der Waals surface area contributed by atoms with Crippen LogP contribution in [0.25, 0.3) is 0 Å². The number of nitrogens with one attached hydrogen (secondary N) is 1. The van der Waals surface area contributed by atoms with Crippen LogP contribution in [-0.4, -0.2) is 49.5 Å². The standard InChI is InChI=1S/C21H23N3O6S/c1-30-15-9-7-14(8-10-15)19-13-18(22-24(19)20(25)11-12-21(26)27)16-5-3-4-6-17(16)23-31(2,28)29/h3-10,19,23H,11-13H2,1-2H3,(H,26,27). The zero-order valence-electron chi connectivity index (χ0n) is 17.1. The molecule has 0 radical (unpaired) electrons. The topological polar surface area (TPSA) is 125 Å². The molecule has 0 bridgehead atoms. The number of para-hydroxylation sites is 1. The van der Waals surface area contributed by atoms with Crippen molar-refractivity contribution in [2.75, 3.05) is 18.1 Å². The highest BCUT2D eigenvalue weighted by molar-refractivity contribution is 7.92. The number of carboxylic acids is 1. The first kappa shape index (κ1) is 22.3. The lowest BCUT2D eigenvalue weighted by molar-refractivity contribution is -0.141. The zero-order chi connectivity index (χ0) is 22.6. The molecule has 1 heterocycles. The fraction of sp³-hybridized carbons (Fsp3) is 0.286. The van der Waals surface area contributed by atoms with Gasteiger partial charge in [-0.2, -0.15) is 5.10 Å². The maximum Gasteiger partial charge on any atom is 0.303 e. The summed E-state index contributed by atoms with van der Waals surface area (Å²) in [5.41, 5.74) is 2.24. The molecule has 0 spiro atoms. The maximum atomic E-state index is 12.8. The number of carbonyl (C=O) groups is 2. The monoisotopic (exact) mass is 445 g/mol. The second-order valence-corrected chi connectivity index (χ2v) is 8.84. The van der Waals surface area contributed by atoms with Gasteiger partial charge in [0.15, 0.2) is 0 Å². The van der Waals surface area contributed by atoms with Crippen LogP contribution in [0.4, 0.5) is 5.69 Å². The van der Waals surface area contributed by atoms with Crippen LogP contribution >= 0.6 is 0 Å². The predicted octanol–water partition coefficient (Wildman–Crippen LogP) is 2.61. The van der Waals surface area contributed by atoms with Gasteiger partial charge in [0.25, 0.3) is 0 Å². The third-order valence-electron chi connectivity index (χ3n) is 4.75. The van der Waals surface area contributed by atoms with E-state index in [0.29, 0.717) is 29.1 Å². The highest BCUT2D eigenvalue weighted by atomic mass is 32.2. The van der Waals surface area contributed by atoms with Crippen LogP contribution < -0.4 is 9.46 Å². The lowest BCUT2D eigenvalue weighted by Gasteiger charge is -2.22. The Morgan fingerprint density at radius 3 is 2.45 bits per heavy atom. The minimum absolute atomic E-state index is 0.192. The van der Waals surface area contributed by atoms with E-state index in [1.165, 1.54) is 5.01 Å². The number of rotatable bonds is 8. The van der Waals surface area contributed by atoms with Gasteiger partial charge in [0.1, 0.15) is 5.75 Å². The fourth-order valence-corrected chi connectivity index (χ4v) is 3.92. The van der Waals surface area contributed by atoms with E-state index in [2.05, 4.69) is 9.82 Å². The van der Waals surface area contributed by atoms with Gasteiger partial charge in [0.05, 0.1) is 37.2 Å². The SMILES string of the molecule is COc1ccc(C2CC(c3ccccc3NS(C)(=O)=O)=NN2C(=O)CCC(=O)O)cc1. The van der Waals surface area contributed by atoms with Crippen molar-refractivity contribution >= 4 is 33.3 Å². The Kier molecular flexibility index (Phi) is 6.59. The van der Waals surface area contributed by atoms with Crippen molar-refractivity contribution < 1.29 is 27.9 Å². The van der Waals surface area contributed by atoms with Gasteiger partial charge < -0.3 is 9.84 Å². The Morgan fingerprint density at radius 2 is 1.84 bits per heavy atom. The number of carboxylic acid groups (broad SMARTS) is 1. The molecule has 1 aliphatic rings.